The van der Waals surface area contributed by atoms with Gasteiger partial charge in [-0.3, -0.25) is 4.68 Å². The molecule has 0 bridgehead atoms. The molecule has 19 heavy (non-hydrogen) atoms. The molecule has 0 fully saturated rings. The summed E-state index contributed by atoms with van der Waals surface area (Å²) < 4.78 is 13.2. The van der Waals surface area contributed by atoms with E-state index < -0.39 is 5.79 Å². The minimum Gasteiger partial charge on any atom is -0.449 e. The van der Waals surface area contributed by atoms with Gasteiger partial charge in [-0.1, -0.05) is 0 Å². The van der Waals surface area contributed by atoms with Gasteiger partial charge in [-0.15, -0.1) is 0 Å². The molecule has 1 aliphatic heterocycles. The first-order valence-electron chi connectivity index (χ1n) is 6.26. The number of nitrogens with zero attached hydrogens (tertiary/aromatic N) is 2. The van der Waals surface area contributed by atoms with Gasteiger partial charge in [-0.2, -0.15) is 5.10 Å². The maximum atomic E-state index is 5.72. The van der Waals surface area contributed by atoms with Crippen molar-refractivity contribution in [2.45, 2.75) is 26.2 Å². The van der Waals surface area contributed by atoms with Crippen LogP contribution < -0.4 is 14.8 Å². The van der Waals surface area contributed by atoms with Crippen LogP contribution in [0.2, 0.25) is 0 Å². The van der Waals surface area contributed by atoms with E-state index in [0.717, 1.165) is 29.4 Å². The molecule has 0 atom stereocenters. The molecule has 0 aliphatic carbocycles. The molecule has 0 spiro atoms. The molecule has 0 saturated carbocycles. The standard InChI is InChI=1S/C14H17N3O2/c1-14(2)18-12-5-4-10(8-13(12)19-14)15-9-11-6-7-16-17(11)3/h4-8,15H,9H2,1-3H3. The van der Waals surface area contributed by atoms with Gasteiger partial charge in [0, 0.05) is 38.8 Å². The molecule has 3 rings (SSSR count). The fourth-order valence-corrected chi connectivity index (χ4v) is 2.10. The fourth-order valence-electron chi connectivity index (χ4n) is 2.10. The molecule has 2 heterocycles. The molecule has 1 aromatic carbocycles. The lowest BCUT2D eigenvalue weighted by Gasteiger charge is -2.16. The van der Waals surface area contributed by atoms with Crippen molar-refractivity contribution in [2.75, 3.05) is 5.32 Å². The number of hydrogen-bond donors (Lipinski definition) is 1. The van der Waals surface area contributed by atoms with Crippen molar-refractivity contribution >= 4 is 5.69 Å². The number of aryl methyl sites for hydroxylation is 1. The van der Waals surface area contributed by atoms with Gasteiger partial charge in [0.05, 0.1) is 12.2 Å². The van der Waals surface area contributed by atoms with Gasteiger partial charge < -0.3 is 14.8 Å². The van der Waals surface area contributed by atoms with Crippen LogP contribution in [0.4, 0.5) is 5.69 Å². The Morgan fingerprint density at radius 2 is 2.00 bits per heavy atom. The Labute approximate surface area is 112 Å². The van der Waals surface area contributed by atoms with Crippen molar-refractivity contribution in [3.63, 3.8) is 0 Å². The molecule has 100 valence electrons. The summed E-state index contributed by atoms with van der Waals surface area (Å²) in [6.45, 7) is 4.52. The molecule has 5 heteroatoms. The van der Waals surface area contributed by atoms with Gasteiger partial charge in [-0.25, -0.2) is 0 Å². The normalized spacial score (nSPS) is 15.5. The summed E-state index contributed by atoms with van der Waals surface area (Å²) >= 11 is 0. The Hall–Kier alpha value is -2.17. The zero-order valence-corrected chi connectivity index (χ0v) is 11.3. The fraction of sp³-hybridized carbons (Fsp3) is 0.357. The predicted octanol–water partition coefficient (Wildman–Crippen LogP) is 2.54. The van der Waals surface area contributed by atoms with Crippen molar-refractivity contribution < 1.29 is 9.47 Å². The van der Waals surface area contributed by atoms with E-state index in [-0.39, 0.29) is 0 Å². The zero-order chi connectivity index (χ0) is 13.5. The van der Waals surface area contributed by atoms with Crippen LogP contribution >= 0.6 is 0 Å². The Kier molecular flexibility index (Phi) is 2.62. The van der Waals surface area contributed by atoms with Crippen LogP contribution in [-0.2, 0) is 13.6 Å². The lowest BCUT2D eigenvalue weighted by molar-refractivity contribution is -0.0431. The second-order valence-corrected chi connectivity index (χ2v) is 5.07. The van der Waals surface area contributed by atoms with Crippen LogP contribution in [0, 0.1) is 0 Å². The first-order chi connectivity index (χ1) is 9.03. The van der Waals surface area contributed by atoms with Crippen LogP contribution in [0.5, 0.6) is 11.5 Å². The topological polar surface area (TPSA) is 48.3 Å². The molecule has 0 unspecified atom stereocenters. The molecule has 0 saturated heterocycles. The summed E-state index contributed by atoms with van der Waals surface area (Å²) in [7, 11) is 1.93. The van der Waals surface area contributed by atoms with E-state index in [1.165, 1.54) is 0 Å². The second-order valence-electron chi connectivity index (χ2n) is 5.07. The highest BCUT2D eigenvalue weighted by atomic mass is 16.7. The van der Waals surface area contributed by atoms with Gasteiger partial charge in [0.25, 0.3) is 0 Å². The summed E-state index contributed by atoms with van der Waals surface area (Å²) in [6, 6.07) is 7.86. The SMILES string of the molecule is Cn1nccc1CNc1ccc2c(c1)OC(C)(C)O2. The molecule has 1 aliphatic rings. The highest BCUT2D eigenvalue weighted by Gasteiger charge is 2.31. The smallest absolute Gasteiger partial charge is 0.246 e. The third-order valence-electron chi connectivity index (χ3n) is 3.05. The van der Waals surface area contributed by atoms with E-state index in [4.69, 9.17) is 9.47 Å². The van der Waals surface area contributed by atoms with E-state index in [1.807, 2.05) is 49.8 Å². The molecular weight excluding hydrogens is 242 g/mol. The first kappa shape index (κ1) is 11.9. The van der Waals surface area contributed by atoms with E-state index in [2.05, 4.69) is 10.4 Å². The molecule has 0 amide bonds. The molecule has 1 N–H and O–H groups in total. The average Bonchev–Trinajstić information content (AvgIpc) is 2.87. The van der Waals surface area contributed by atoms with Crippen LogP contribution in [0.25, 0.3) is 0 Å². The number of benzene rings is 1. The number of aromatic nitrogens is 2. The van der Waals surface area contributed by atoms with Crippen molar-refractivity contribution in [3.05, 3.63) is 36.2 Å². The first-order valence-corrected chi connectivity index (χ1v) is 6.26. The molecule has 1 aromatic heterocycles. The number of rotatable bonds is 3. The second kappa shape index (κ2) is 4.19. The zero-order valence-electron chi connectivity index (χ0n) is 11.3. The predicted molar refractivity (Wildman–Crippen MR) is 72.3 cm³/mol. The van der Waals surface area contributed by atoms with Crippen LogP contribution in [-0.4, -0.2) is 15.6 Å². The van der Waals surface area contributed by atoms with E-state index in [9.17, 15) is 0 Å². The lowest BCUT2D eigenvalue weighted by Crippen LogP contribution is -2.29. The van der Waals surface area contributed by atoms with Crippen molar-refractivity contribution in [3.8, 4) is 11.5 Å². The largest absolute Gasteiger partial charge is 0.449 e. The third-order valence-corrected chi connectivity index (χ3v) is 3.05. The highest BCUT2D eigenvalue weighted by Crippen LogP contribution is 2.40. The molecule has 0 radical (unpaired) electrons. The number of ether oxygens (including phenoxy) is 2. The maximum Gasteiger partial charge on any atom is 0.246 e. The minimum absolute atomic E-state index is 0.580. The van der Waals surface area contributed by atoms with E-state index >= 15 is 0 Å². The van der Waals surface area contributed by atoms with Gasteiger partial charge in [0.1, 0.15) is 0 Å². The average molecular weight is 259 g/mol. The van der Waals surface area contributed by atoms with Crippen molar-refractivity contribution in [2.24, 2.45) is 7.05 Å². The number of fused-ring (bicyclic) bond motifs is 1. The summed E-state index contributed by atoms with van der Waals surface area (Å²) in [6.07, 6.45) is 1.79. The van der Waals surface area contributed by atoms with E-state index in [1.54, 1.807) is 6.20 Å². The lowest BCUT2D eigenvalue weighted by atomic mass is 10.2. The summed E-state index contributed by atoms with van der Waals surface area (Å²) in [5.74, 6) is 0.985. The number of anilines is 1. The van der Waals surface area contributed by atoms with Gasteiger partial charge >= 0.3 is 0 Å². The number of nitrogens with one attached hydrogen (secondary N) is 1. The van der Waals surface area contributed by atoms with Crippen LogP contribution in [0.15, 0.2) is 30.5 Å². The Bertz CT molecular complexity index is 604. The van der Waals surface area contributed by atoms with Gasteiger partial charge in [0.2, 0.25) is 5.79 Å². The monoisotopic (exact) mass is 259 g/mol. The van der Waals surface area contributed by atoms with Crippen molar-refractivity contribution in [1.82, 2.24) is 9.78 Å². The molecular formula is C14H17N3O2. The summed E-state index contributed by atoms with van der Waals surface area (Å²) in [5.41, 5.74) is 2.12. The quantitative estimate of drug-likeness (QED) is 0.920. The molecule has 2 aromatic rings. The van der Waals surface area contributed by atoms with Crippen LogP contribution in [0.3, 0.4) is 0 Å². The Morgan fingerprint density at radius 1 is 1.21 bits per heavy atom. The maximum absolute atomic E-state index is 5.72. The van der Waals surface area contributed by atoms with Crippen molar-refractivity contribution in [1.29, 1.82) is 0 Å². The minimum atomic E-state index is -0.580. The molecule has 5 nitrogen and oxygen atoms in total. The summed E-state index contributed by atoms with van der Waals surface area (Å²) in [4.78, 5) is 0. The Balaban J connectivity index is 1.72. The van der Waals surface area contributed by atoms with E-state index in [0.29, 0.717) is 0 Å². The summed E-state index contributed by atoms with van der Waals surface area (Å²) in [5, 5.41) is 7.49. The van der Waals surface area contributed by atoms with Crippen LogP contribution in [0.1, 0.15) is 19.5 Å². The third kappa shape index (κ3) is 2.36. The number of hydrogen-bond acceptors (Lipinski definition) is 4. The Morgan fingerprint density at radius 3 is 2.74 bits per heavy atom. The highest BCUT2D eigenvalue weighted by molar-refractivity contribution is 5.56. The van der Waals surface area contributed by atoms with Gasteiger partial charge in [0.15, 0.2) is 11.5 Å². The van der Waals surface area contributed by atoms with Gasteiger partial charge in [-0.05, 0) is 18.2 Å².